The van der Waals surface area contributed by atoms with E-state index in [1.165, 1.54) is 0 Å². The summed E-state index contributed by atoms with van der Waals surface area (Å²) in [5.41, 5.74) is 6.66. The van der Waals surface area contributed by atoms with Gasteiger partial charge in [-0.15, -0.1) is 0 Å². The lowest BCUT2D eigenvalue weighted by Gasteiger charge is -2.07. The molecule has 0 saturated carbocycles. The highest BCUT2D eigenvalue weighted by Crippen LogP contribution is 2.35. The van der Waals surface area contributed by atoms with Gasteiger partial charge in [-0.1, -0.05) is 0 Å². The van der Waals surface area contributed by atoms with E-state index in [4.69, 9.17) is 5.73 Å². The topological polar surface area (TPSA) is 49.3 Å². The maximum atomic E-state index is 9.51. The predicted molar refractivity (Wildman–Crippen MR) is 48.8 cm³/mol. The molecule has 2 rings (SSSR count). The molecule has 1 atom stereocenters. The van der Waals surface area contributed by atoms with Crippen molar-refractivity contribution in [2.75, 3.05) is 17.2 Å². The van der Waals surface area contributed by atoms with Crippen LogP contribution in [0.25, 0.3) is 0 Å². The van der Waals surface area contributed by atoms with Gasteiger partial charge in [0.05, 0.1) is 6.54 Å². The highest BCUT2D eigenvalue weighted by molar-refractivity contribution is 5.58. The van der Waals surface area contributed by atoms with Crippen LogP contribution in [0.4, 0.5) is 11.4 Å². The fourth-order valence-electron chi connectivity index (χ4n) is 1.29. The van der Waals surface area contributed by atoms with E-state index in [9.17, 15) is 5.11 Å². The van der Waals surface area contributed by atoms with E-state index in [0.29, 0.717) is 6.54 Å². The maximum absolute atomic E-state index is 9.51. The van der Waals surface area contributed by atoms with Gasteiger partial charge in [0.15, 0.2) is 5.72 Å². The van der Waals surface area contributed by atoms with E-state index in [-0.39, 0.29) is 0 Å². The number of anilines is 2. The number of benzene rings is 1. The summed E-state index contributed by atoms with van der Waals surface area (Å²) in [6.45, 7) is 2.50. The Hall–Kier alpha value is -1.22. The molecule has 1 unspecified atom stereocenters. The lowest BCUT2D eigenvalue weighted by atomic mass is 10.3. The van der Waals surface area contributed by atoms with Gasteiger partial charge in [-0.05, 0) is 31.2 Å². The van der Waals surface area contributed by atoms with Crippen LogP contribution in [0.1, 0.15) is 6.92 Å². The van der Waals surface area contributed by atoms with Crippen LogP contribution in [0.5, 0.6) is 0 Å². The van der Waals surface area contributed by atoms with Crippen LogP contribution in [-0.4, -0.2) is 17.4 Å². The smallest absolute Gasteiger partial charge is 0.153 e. The number of hydrogen-bond acceptors (Lipinski definition) is 3. The molecule has 3 heteroatoms. The van der Waals surface area contributed by atoms with E-state index in [2.05, 4.69) is 0 Å². The van der Waals surface area contributed by atoms with Crippen LogP contribution in [-0.2, 0) is 0 Å². The van der Waals surface area contributed by atoms with Gasteiger partial charge in [-0.3, -0.25) is 0 Å². The largest absolute Gasteiger partial charge is 0.399 e. The van der Waals surface area contributed by atoms with Gasteiger partial charge in [-0.2, -0.15) is 0 Å². The zero-order valence-electron chi connectivity index (χ0n) is 6.99. The van der Waals surface area contributed by atoms with Crippen molar-refractivity contribution in [3.05, 3.63) is 24.3 Å². The number of nitrogens with zero attached hydrogens (tertiary/aromatic N) is 1. The summed E-state index contributed by atoms with van der Waals surface area (Å²) in [4.78, 5) is 1.91. The minimum Gasteiger partial charge on any atom is -0.399 e. The van der Waals surface area contributed by atoms with Crippen molar-refractivity contribution >= 4 is 11.4 Å². The molecule has 1 aliphatic rings. The molecule has 1 aliphatic heterocycles. The number of nitrogens with two attached hydrogens (primary N) is 1. The quantitative estimate of drug-likeness (QED) is 0.476. The van der Waals surface area contributed by atoms with Gasteiger partial charge in [0.1, 0.15) is 0 Å². The van der Waals surface area contributed by atoms with Gasteiger partial charge >= 0.3 is 0 Å². The summed E-state index contributed by atoms with van der Waals surface area (Å²) in [5.74, 6) is 0. The van der Waals surface area contributed by atoms with Crippen molar-refractivity contribution in [2.45, 2.75) is 12.6 Å². The lowest BCUT2D eigenvalue weighted by Crippen LogP contribution is -2.11. The zero-order valence-corrected chi connectivity index (χ0v) is 6.99. The molecular formula is C9H12N2O. The van der Waals surface area contributed by atoms with Crippen LogP contribution in [0.3, 0.4) is 0 Å². The summed E-state index contributed by atoms with van der Waals surface area (Å²) in [6, 6.07) is 7.50. The number of rotatable bonds is 1. The monoisotopic (exact) mass is 164 g/mol. The Kier molecular flexibility index (Phi) is 1.32. The maximum Gasteiger partial charge on any atom is 0.153 e. The van der Waals surface area contributed by atoms with Crippen LogP contribution in [0.15, 0.2) is 24.3 Å². The standard InChI is InChI=1S/C9H12N2O/c1-9(12)6-11(9)8-4-2-7(10)3-5-8/h2-5,12H,6,10H2,1H3. The van der Waals surface area contributed by atoms with Crippen molar-refractivity contribution in [1.82, 2.24) is 0 Å². The van der Waals surface area contributed by atoms with Crippen LogP contribution >= 0.6 is 0 Å². The third kappa shape index (κ3) is 1.12. The molecule has 3 nitrogen and oxygen atoms in total. The molecule has 1 aromatic carbocycles. The molecule has 1 fully saturated rings. The highest BCUT2D eigenvalue weighted by Gasteiger charge is 2.45. The third-order valence-electron chi connectivity index (χ3n) is 2.14. The predicted octanol–water partition coefficient (Wildman–Crippen LogP) is 0.797. The second-order valence-electron chi connectivity index (χ2n) is 3.39. The van der Waals surface area contributed by atoms with E-state index in [0.717, 1.165) is 11.4 Å². The van der Waals surface area contributed by atoms with E-state index >= 15 is 0 Å². The Morgan fingerprint density at radius 3 is 2.33 bits per heavy atom. The third-order valence-corrected chi connectivity index (χ3v) is 2.14. The summed E-state index contributed by atoms with van der Waals surface area (Å²) >= 11 is 0. The number of hydrogen-bond donors (Lipinski definition) is 2. The van der Waals surface area contributed by atoms with Gasteiger partial charge in [-0.25, -0.2) is 0 Å². The second kappa shape index (κ2) is 2.14. The van der Waals surface area contributed by atoms with Crippen molar-refractivity contribution in [3.63, 3.8) is 0 Å². The molecule has 0 aromatic heterocycles. The summed E-state index contributed by atoms with van der Waals surface area (Å²) < 4.78 is 0. The first-order chi connectivity index (χ1) is 5.59. The van der Waals surface area contributed by atoms with E-state index in [1.54, 1.807) is 6.92 Å². The average Bonchev–Trinajstić information content (AvgIpc) is 2.61. The van der Waals surface area contributed by atoms with Gasteiger partial charge in [0, 0.05) is 11.4 Å². The molecule has 0 radical (unpaired) electrons. The first kappa shape index (κ1) is 7.43. The first-order valence-corrected chi connectivity index (χ1v) is 3.95. The normalized spacial score (nSPS) is 27.3. The molecule has 1 aromatic rings. The minimum atomic E-state index is -0.643. The second-order valence-corrected chi connectivity index (χ2v) is 3.39. The summed E-state index contributed by atoms with van der Waals surface area (Å²) in [7, 11) is 0. The molecule has 0 bridgehead atoms. The molecule has 12 heavy (non-hydrogen) atoms. The molecule has 64 valence electrons. The fourth-order valence-corrected chi connectivity index (χ4v) is 1.29. The van der Waals surface area contributed by atoms with Gasteiger partial charge in [0.25, 0.3) is 0 Å². The molecule has 1 heterocycles. The van der Waals surface area contributed by atoms with Crippen molar-refractivity contribution < 1.29 is 5.11 Å². The average molecular weight is 164 g/mol. The molecule has 0 amide bonds. The number of β-amino-alcohol motifs (C(OH)–C–C–N with tert-alkyl or cyclic N) is 1. The minimum absolute atomic E-state index is 0.643. The number of nitrogen functional groups attached to an aromatic ring is 1. The van der Waals surface area contributed by atoms with Crippen LogP contribution in [0.2, 0.25) is 0 Å². The Morgan fingerprint density at radius 1 is 1.42 bits per heavy atom. The Bertz CT molecular complexity index is 292. The molecular weight excluding hydrogens is 152 g/mol. The van der Waals surface area contributed by atoms with E-state index < -0.39 is 5.72 Å². The molecule has 1 saturated heterocycles. The van der Waals surface area contributed by atoms with Gasteiger partial charge < -0.3 is 15.7 Å². The van der Waals surface area contributed by atoms with Crippen LogP contribution in [0, 0.1) is 0 Å². The molecule has 0 aliphatic carbocycles. The van der Waals surface area contributed by atoms with Crippen LogP contribution < -0.4 is 10.6 Å². The SMILES string of the molecule is CC1(O)CN1c1ccc(N)cc1. The summed E-state index contributed by atoms with van der Waals surface area (Å²) in [5, 5.41) is 9.51. The fraction of sp³-hybridized carbons (Fsp3) is 0.333. The Labute approximate surface area is 71.4 Å². The number of aliphatic hydroxyl groups is 1. The molecule has 3 N–H and O–H groups in total. The first-order valence-electron chi connectivity index (χ1n) is 3.95. The van der Waals surface area contributed by atoms with E-state index in [1.807, 2.05) is 29.2 Å². The van der Waals surface area contributed by atoms with Gasteiger partial charge in [0.2, 0.25) is 0 Å². The van der Waals surface area contributed by atoms with Crippen molar-refractivity contribution in [1.29, 1.82) is 0 Å². The molecule has 0 spiro atoms. The lowest BCUT2D eigenvalue weighted by molar-refractivity contribution is 0.178. The highest BCUT2D eigenvalue weighted by atomic mass is 16.3. The summed E-state index contributed by atoms with van der Waals surface area (Å²) in [6.07, 6.45) is 0. The van der Waals surface area contributed by atoms with Crippen molar-refractivity contribution in [3.8, 4) is 0 Å². The van der Waals surface area contributed by atoms with Crippen molar-refractivity contribution in [2.24, 2.45) is 0 Å². The Morgan fingerprint density at radius 2 is 1.92 bits per heavy atom. The zero-order chi connectivity index (χ0) is 8.77. The Balaban J connectivity index is 2.21.